The highest BCUT2D eigenvalue weighted by molar-refractivity contribution is 7.99. The molecule has 0 aliphatic rings. The van der Waals surface area contributed by atoms with Crippen LogP contribution in [0.5, 0.6) is 0 Å². The van der Waals surface area contributed by atoms with Gasteiger partial charge < -0.3 is 9.88 Å². The summed E-state index contributed by atoms with van der Waals surface area (Å²) in [6, 6.07) is 13.8. The molecule has 4 aromatic rings. The Hall–Kier alpha value is -2.68. The van der Waals surface area contributed by atoms with Gasteiger partial charge in [0, 0.05) is 23.1 Å². The van der Waals surface area contributed by atoms with Crippen LogP contribution in [-0.2, 0) is 11.3 Å². The molecule has 6 nitrogen and oxygen atoms in total. The van der Waals surface area contributed by atoms with Crippen molar-refractivity contribution in [2.75, 3.05) is 11.1 Å². The molecular formula is C23H22ClN5OS2. The van der Waals surface area contributed by atoms with E-state index in [0.29, 0.717) is 27.7 Å². The highest BCUT2D eigenvalue weighted by Gasteiger charge is 2.17. The largest absolute Gasteiger partial charge is 0.302 e. The molecule has 0 saturated carbocycles. The Labute approximate surface area is 200 Å². The fourth-order valence-electron chi connectivity index (χ4n) is 3.17. The summed E-state index contributed by atoms with van der Waals surface area (Å²) in [7, 11) is 0. The number of carbonyl (C=O) groups excluding carboxylic acids is 1. The lowest BCUT2D eigenvalue weighted by molar-refractivity contribution is -0.113. The number of rotatable bonds is 7. The van der Waals surface area contributed by atoms with Crippen LogP contribution in [0.2, 0.25) is 5.02 Å². The smallest absolute Gasteiger partial charge is 0.236 e. The van der Waals surface area contributed by atoms with Crippen molar-refractivity contribution in [2.24, 2.45) is 0 Å². The molecule has 9 heteroatoms. The molecule has 164 valence electrons. The molecule has 1 N–H and O–H groups in total. The van der Waals surface area contributed by atoms with Gasteiger partial charge in [-0.05, 0) is 50.1 Å². The number of halogens is 1. The molecule has 1 amide bonds. The minimum Gasteiger partial charge on any atom is -0.302 e. The number of anilines is 1. The first-order valence-electron chi connectivity index (χ1n) is 10.1. The Morgan fingerprint density at radius 2 is 1.97 bits per heavy atom. The molecule has 0 unspecified atom stereocenters. The van der Waals surface area contributed by atoms with E-state index in [1.165, 1.54) is 34.2 Å². The van der Waals surface area contributed by atoms with Crippen LogP contribution in [-0.4, -0.2) is 31.4 Å². The van der Waals surface area contributed by atoms with Gasteiger partial charge in [-0.3, -0.25) is 4.79 Å². The SMILES string of the molecule is CCn1c(SCC(=O)Nc2nc(-c3ccc(C)c(C)c3)cs2)nnc1-c1ccccc1Cl. The second-order valence-corrected chi connectivity index (χ2v) is 9.41. The number of aromatic nitrogens is 4. The third-order valence-corrected chi connectivity index (χ3v) is 7.09. The number of amides is 1. The lowest BCUT2D eigenvalue weighted by Gasteiger charge is -2.08. The van der Waals surface area contributed by atoms with Crippen molar-refractivity contribution in [1.29, 1.82) is 0 Å². The summed E-state index contributed by atoms with van der Waals surface area (Å²) in [5.41, 5.74) is 5.18. The van der Waals surface area contributed by atoms with Crippen molar-refractivity contribution < 1.29 is 4.79 Å². The maximum absolute atomic E-state index is 12.5. The maximum atomic E-state index is 12.5. The molecule has 2 aromatic heterocycles. The number of aryl methyl sites for hydroxylation is 2. The van der Waals surface area contributed by atoms with Crippen LogP contribution in [0.3, 0.4) is 0 Å². The third-order valence-electron chi connectivity index (χ3n) is 5.03. The Balaban J connectivity index is 1.41. The van der Waals surface area contributed by atoms with Crippen molar-refractivity contribution in [1.82, 2.24) is 19.7 Å². The van der Waals surface area contributed by atoms with Crippen molar-refractivity contribution in [3.05, 3.63) is 64.0 Å². The predicted octanol–water partition coefficient (Wildman–Crippen LogP) is 6.09. The lowest BCUT2D eigenvalue weighted by atomic mass is 10.1. The van der Waals surface area contributed by atoms with Gasteiger partial charge in [-0.15, -0.1) is 21.5 Å². The summed E-state index contributed by atoms with van der Waals surface area (Å²) in [6.45, 7) is 6.85. The number of hydrogen-bond acceptors (Lipinski definition) is 6. The van der Waals surface area contributed by atoms with Crippen LogP contribution in [0.4, 0.5) is 5.13 Å². The van der Waals surface area contributed by atoms with Gasteiger partial charge in [0.05, 0.1) is 16.5 Å². The molecule has 0 atom stereocenters. The zero-order chi connectivity index (χ0) is 22.7. The first-order valence-corrected chi connectivity index (χ1v) is 12.3. The molecule has 0 bridgehead atoms. The average Bonchev–Trinajstić information content (AvgIpc) is 3.41. The van der Waals surface area contributed by atoms with Crippen molar-refractivity contribution in [3.63, 3.8) is 0 Å². The number of carbonyl (C=O) groups is 1. The fourth-order valence-corrected chi connectivity index (χ4v) is 4.93. The molecule has 0 radical (unpaired) electrons. The second-order valence-electron chi connectivity index (χ2n) is 7.20. The van der Waals surface area contributed by atoms with Gasteiger partial charge in [0.1, 0.15) is 0 Å². The molecule has 4 rings (SSSR count). The van der Waals surface area contributed by atoms with Gasteiger partial charge >= 0.3 is 0 Å². The van der Waals surface area contributed by atoms with Gasteiger partial charge in [-0.25, -0.2) is 4.98 Å². The van der Waals surface area contributed by atoms with E-state index in [0.717, 1.165) is 16.8 Å². The highest BCUT2D eigenvalue weighted by Crippen LogP contribution is 2.30. The van der Waals surface area contributed by atoms with Gasteiger partial charge in [0.25, 0.3) is 0 Å². The Morgan fingerprint density at radius 3 is 2.72 bits per heavy atom. The first-order chi connectivity index (χ1) is 15.5. The van der Waals surface area contributed by atoms with Crippen molar-refractivity contribution in [3.8, 4) is 22.6 Å². The maximum Gasteiger partial charge on any atom is 0.236 e. The van der Waals surface area contributed by atoms with Gasteiger partial charge in [0.2, 0.25) is 5.91 Å². The number of thiazole rings is 1. The Morgan fingerprint density at radius 1 is 1.16 bits per heavy atom. The molecule has 32 heavy (non-hydrogen) atoms. The van der Waals surface area contributed by atoms with E-state index in [2.05, 4.69) is 46.5 Å². The van der Waals surface area contributed by atoms with E-state index in [-0.39, 0.29) is 11.7 Å². The van der Waals surface area contributed by atoms with Crippen molar-refractivity contribution in [2.45, 2.75) is 32.5 Å². The Bertz CT molecular complexity index is 1270. The van der Waals surface area contributed by atoms with Crippen LogP contribution in [0, 0.1) is 13.8 Å². The van der Waals surface area contributed by atoms with Crippen LogP contribution in [0.25, 0.3) is 22.6 Å². The molecule has 0 aliphatic heterocycles. The number of nitrogens with zero attached hydrogens (tertiary/aromatic N) is 4. The number of nitrogens with one attached hydrogen (secondary N) is 1. The molecular weight excluding hydrogens is 462 g/mol. The average molecular weight is 484 g/mol. The van der Waals surface area contributed by atoms with E-state index in [9.17, 15) is 4.79 Å². The minimum atomic E-state index is -0.138. The molecule has 0 spiro atoms. The van der Waals surface area contributed by atoms with Crippen LogP contribution in [0.1, 0.15) is 18.1 Å². The Kier molecular flexibility index (Phi) is 6.93. The van der Waals surface area contributed by atoms with Gasteiger partial charge in [0.15, 0.2) is 16.1 Å². The van der Waals surface area contributed by atoms with E-state index in [1.54, 1.807) is 0 Å². The standard InChI is InChI=1S/C23H22ClN5OS2/c1-4-29-21(17-7-5-6-8-18(17)24)27-28-23(29)32-13-20(30)26-22-25-19(12-31-22)16-10-9-14(2)15(3)11-16/h5-12H,4,13H2,1-3H3,(H,25,26,30). The summed E-state index contributed by atoms with van der Waals surface area (Å²) in [4.78, 5) is 17.1. The van der Waals surface area contributed by atoms with Crippen LogP contribution in [0.15, 0.2) is 53.0 Å². The number of hydrogen-bond donors (Lipinski definition) is 1. The van der Waals surface area contributed by atoms with Gasteiger partial charge in [-0.2, -0.15) is 0 Å². The van der Waals surface area contributed by atoms with Crippen LogP contribution < -0.4 is 5.32 Å². The lowest BCUT2D eigenvalue weighted by Crippen LogP contribution is -2.14. The molecule has 2 heterocycles. The first kappa shape index (κ1) is 22.5. The zero-order valence-electron chi connectivity index (χ0n) is 17.9. The summed E-state index contributed by atoms with van der Waals surface area (Å²) in [5, 5.41) is 15.3. The molecule has 0 aliphatic carbocycles. The molecule has 0 saturated heterocycles. The minimum absolute atomic E-state index is 0.138. The fraction of sp³-hybridized carbons (Fsp3) is 0.217. The molecule has 0 fully saturated rings. The highest BCUT2D eigenvalue weighted by atomic mass is 35.5. The van der Waals surface area contributed by atoms with Crippen molar-refractivity contribution >= 4 is 45.7 Å². The predicted molar refractivity (Wildman–Crippen MR) is 133 cm³/mol. The van der Waals surface area contributed by atoms with E-state index < -0.39 is 0 Å². The number of thioether (sulfide) groups is 1. The van der Waals surface area contributed by atoms with E-state index in [1.807, 2.05) is 47.2 Å². The topological polar surface area (TPSA) is 72.7 Å². The third kappa shape index (κ3) is 4.87. The molecule has 2 aromatic carbocycles. The summed E-state index contributed by atoms with van der Waals surface area (Å²) in [6.07, 6.45) is 0. The monoisotopic (exact) mass is 483 g/mol. The van der Waals surface area contributed by atoms with Gasteiger partial charge in [-0.1, -0.05) is 47.6 Å². The second kappa shape index (κ2) is 9.85. The van der Waals surface area contributed by atoms with Crippen LogP contribution >= 0.6 is 34.7 Å². The summed E-state index contributed by atoms with van der Waals surface area (Å²) in [5.74, 6) is 0.763. The quantitative estimate of drug-likeness (QED) is 0.322. The number of benzene rings is 2. The summed E-state index contributed by atoms with van der Waals surface area (Å²) < 4.78 is 1.96. The summed E-state index contributed by atoms with van der Waals surface area (Å²) >= 11 is 9.07. The zero-order valence-corrected chi connectivity index (χ0v) is 20.3. The van der Waals surface area contributed by atoms with E-state index in [4.69, 9.17) is 11.6 Å². The normalized spacial score (nSPS) is 11.0. The van der Waals surface area contributed by atoms with E-state index >= 15 is 0 Å².